The first-order chi connectivity index (χ1) is 12.9. The van der Waals surface area contributed by atoms with E-state index in [1.165, 1.54) is 7.11 Å². The van der Waals surface area contributed by atoms with Crippen molar-refractivity contribution in [1.82, 2.24) is 10.0 Å². The summed E-state index contributed by atoms with van der Waals surface area (Å²) in [5.41, 5.74) is 1.42. The van der Waals surface area contributed by atoms with Gasteiger partial charge in [0, 0.05) is 18.7 Å². The maximum atomic E-state index is 12.1. The van der Waals surface area contributed by atoms with E-state index in [-0.39, 0.29) is 18.2 Å². The van der Waals surface area contributed by atoms with Crippen LogP contribution < -0.4 is 19.5 Å². The minimum Gasteiger partial charge on any atom is -0.497 e. The van der Waals surface area contributed by atoms with Gasteiger partial charge >= 0.3 is 0 Å². The molecule has 0 unspecified atom stereocenters. The highest BCUT2D eigenvalue weighted by Crippen LogP contribution is 2.12. The molecule has 0 bridgehead atoms. The summed E-state index contributed by atoms with van der Waals surface area (Å²) >= 11 is 0. The first-order valence-corrected chi connectivity index (χ1v) is 10.1. The third kappa shape index (κ3) is 6.92. The molecule has 1 amide bonds. The number of sulfonamides is 1. The molecule has 0 spiro atoms. The molecule has 0 heterocycles. The number of hydrogen-bond donors (Lipinski definition) is 2. The molecule has 2 aromatic rings. The summed E-state index contributed by atoms with van der Waals surface area (Å²) in [5.74, 6) is 0.787. The maximum absolute atomic E-state index is 12.1. The zero-order chi connectivity index (χ0) is 19.7. The van der Waals surface area contributed by atoms with Crippen LogP contribution in [0.3, 0.4) is 0 Å². The molecule has 146 valence electrons. The summed E-state index contributed by atoms with van der Waals surface area (Å²) in [6.45, 7) is 0.312. The van der Waals surface area contributed by atoms with Gasteiger partial charge in [-0.2, -0.15) is 0 Å². The Hall–Kier alpha value is -2.58. The second kappa shape index (κ2) is 9.94. The Kier molecular flexibility index (Phi) is 7.63. The first kappa shape index (κ1) is 20.7. The highest BCUT2D eigenvalue weighted by molar-refractivity contribution is 7.89. The lowest BCUT2D eigenvalue weighted by atomic mass is 10.1. The van der Waals surface area contributed by atoms with Gasteiger partial charge in [0.15, 0.2) is 0 Å². The fourth-order valence-corrected chi connectivity index (χ4v) is 3.31. The van der Waals surface area contributed by atoms with E-state index in [2.05, 4.69) is 10.0 Å². The van der Waals surface area contributed by atoms with Gasteiger partial charge in [0.2, 0.25) is 10.0 Å². The van der Waals surface area contributed by atoms with E-state index in [4.69, 9.17) is 9.47 Å². The van der Waals surface area contributed by atoms with Gasteiger partial charge in [-0.05, 0) is 42.3 Å². The van der Waals surface area contributed by atoms with Crippen molar-refractivity contribution >= 4 is 15.9 Å². The topological polar surface area (TPSA) is 93.7 Å². The Bertz CT molecular complexity index is 851. The molecule has 0 fully saturated rings. The van der Waals surface area contributed by atoms with Crippen LogP contribution in [0.5, 0.6) is 11.5 Å². The largest absolute Gasteiger partial charge is 0.497 e. The van der Waals surface area contributed by atoms with Gasteiger partial charge in [-0.25, -0.2) is 13.1 Å². The Morgan fingerprint density at radius 1 is 0.963 bits per heavy atom. The van der Waals surface area contributed by atoms with Gasteiger partial charge < -0.3 is 14.8 Å². The van der Waals surface area contributed by atoms with Crippen LogP contribution in [0.15, 0.2) is 48.5 Å². The van der Waals surface area contributed by atoms with Crippen molar-refractivity contribution in [1.29, 1.82) is 0 Å². The predicted octanol–water partition coefficient (Wildman–Crippen LogP) is 1.60. The minimum absolute atomic E-state index is 0.0217. The van der Waals surface area contributed by atoms with Gasteiger partial charge in [0.05, 0.1) is 20.0 Å². The van der Waals surface area contributed by atoms with Crippen molar-refractivity contribution in [3.8, 4) is 11.5 Å². The lowest BCUT2D eigenvalue weighted by molar-refractivity contribution is 0.0955. The number of carbonyl (C=O) groups excluding carboxylic acids is 1. The molecule has 2 aromatic carbocycles. The smallest absolute Gasteiger partial charge is 0.251 e. The van der Waals surface area contributed by atoms with Crippen LogP contribution in [0.4, 0.5) is 0 Å². The monoisotopic (exact) mass is 392 g/mol. The molecule has 2 N–H and O–H groups in total. The number of nitrogens with one attached hydrogen (secondary N) is 2. The highest BCUT2D eigenvalue weighted by atomic mass is 32.2. The Morgan fingerprint density at radius 2 is 1.67 bits per heavy atom. The molecule has 0 saturated heterocycles. The van der Waals surface area contributed by atoms with Crippen molar-refractivity contribution in [2.45, 2.75) is 6.42 Å². The Morgan fingerprint density at radius 3 is 2.33 bits per heavy atom. The number of benzene rings is 2. The van der Waals surface area contributed by atoms with Crippen LogP contribution in [0.25, 0.3) is 0 Å². The van der Waals surface area contributed by atoms with E-state index in [1.807, 2.05) is 24.3 Å². The van der Waals surface area contributed by atoms with Gasteiger partial charge in [-0.1, -0.05) is 18.2 Å². The Labute approximate surface area is 159 Å². The molecule has 2 rings (SSSR count). The number of hydrogen-bond acceptors (Lipinski definition) is 5. The van der Waals surface area contributed by atoms with Crippen molar-refractivity contribution in [2.24, 2.45) is 0 Å². The normalized spacial score (nSPS) is 11.0. The second-order valence-electron chi connectivity index (χ2n) is 5.80. The molecule has 0 radical (unpaired) electrons. The SMILES string of the molecule is COc1ccc(CCNS(=O)(=O)CCNC(=O)c2cccc(OC)c2)cc1. The van der Waals surface area contributed by atoms with Crippen LogP contribution in [0.1, 0.15) is 15.9 Å². The molecular formula is C19H24N2O5S. The summed E-state index contributed by atoms with van der Waals surface area (Å²) in [4.78, 5) is 12.1. The third-order valence-electron chi connectivity index (χ3n) is 3.88. The molecule has 0 aliphatic heterocycles. The van der Waals surface area contributed by atoms with Crippen LogP contribution in [-0.4, -0.2) is 47.4 Å². The maximum Gasteiger partial charge on any atom is 0.251 e. The average Bonchev–Trinajstić information content (AvgIpc) is 2.68. The number of ether oxygens (including phenoxy) is 2. The van der Waals surface area contributed by atoms with E-state index >= 15 is 0 Å². The van der Waals surface area contributed by atoms with Gasteiger partial charge in [-0.3, -0.25) is 4.79 Å². The summed E-state index contributed by atoms with van der Waals surface area (Å²) in [7, 11) is -0.361. The zero-order valence-electron chi connectivity index (χ0n) is 15.4. The van der Waals surface area contributed by atoms with Crippen molar-refractivity contribution in [3.05, 3.63) is 59.7 Å². The molecule has 0 aliphatic rings. The van der Waals surface area contributed by atoms with Gasteiger partial charge in [0.25, 0.3) is 5.91 Å². The van der Waals surface area contributed by atoms with E-state index in [9.17, 15) is 13.2 Å². The Balaban J connectivity index is 1.74. The quantitative estimate of drug-likeness (QED) is 0.641. The number of amides is 1. The van der Waals surface area contributed by atoms with Crippen LogP contribution >= 0.6 is 0 Å². The van der Waals surface area contributed by atoms with Gasteiger partial charge in [-0.15, -0.1) is 0 Å². The fraction of sp³-hybridized carbons (Fsp3) is 0.316. The lowest BCUT2D eigenvalue weighted by Gasteiger charge is -2.09. The van der Waals surface area contributed by atoms with E-state index in [0.29, 0.717) is 24.3 Å². The molecule has 0 aliphatic carbocycles. The fourth-order valence-electron chi connectivity index (χ4n) is 2.38. The predicted molar refractivity (Wildman–Crippen MR) is 104 cm³/mol. The second-order valence-corrected chi connectivity index (χ2v) is 7.73. The van der Waals surface area contributed by atoms with E-state index < -0.39 is 10.0 Å². The molecule has 27 heavy (non-hydrogen) atoms. The average molecular weight is 392 g/mol. The highest BCUT2D eigenvalue weighted by Gasteiger charge is 2.12. The first-order valence-electron chi connectivity index (χ1n) is 8.46. The summed E-state index contributed by atoms with van der Waals surface area (Å²) in [5, 5.41) is 2.60. The third-order valence-corrected chi connectivity index (χ3v) is 5.27. The summed E-state index contributed by atoms with van der Waals surface area (Å²) in [6, 6.07) is 14.1. The van der Waals surface area contributed by atoms with Crippen LogP contribution in [0, 0.1) is 0 Å². The number of methoxy groups -OCH3 is 2. The minimum atomic E-state index is -3.47. The van der Waals surface area contributed by atoms with Crippen molar-refractivity contribution < 1.29 is 22.7 Å². The van der Waals surface area contributed by atoms with E-state index in [1.54, 1.807) is 31.4 Å². The van der Waals surface area contributed by atoms with E-state index in [0.717, 1.165) is 11.3 Å². The molecule has 0 saturated carbocycles. The molecule has 0 aromatic heterocycles. The molecule has 8 heteroatoms. The zero-order valence-corrected chi connectivity index (χ0v) is 16.2. The van der Waals surface area contributed by atoms with Gasteiger partial charge in [0.1, 0.15) is 11.5 Å². The molecule has 7 nitrogen and oxygen atoms in total. The van der Waals surface area contributed by atoms with Crippen molar-refractivity contribution in [2.75, 3.05) is 33.1 Å². The molecule has 0 atom stereocenters. The number of rotatable bonds is 10. The standard InChI is InChI=1S/C19H24N2O5S/c1-25-17-8-6-15(7-9-17)10-11-21-27(23,24)13-12-20-19(22)16-4-3-5-18(14-16)26-2/h3-9,14,21H,10-13H2,1-2H3,(H,20,22). The van der Waals surface area contributed by atoms with Crippen LogP contribution in [0.2, 0.25) is 0 Å². The number of carbonyl (C=O) groups is 1. The molecular weight excluding hydrogens is 368 g/mol. The lowest BCUT2D eigenvalue weighted by Crippen LogP contribution is -2.35. The van der Waals surface area contributed by atoms with Crippen molar-refractivity contribution in [3.63, 3.8) is 0 Å². The van der Waals surface area contributed by atoms with Crippen LogP contribution in [-0.2, 0) is 16.4 Å². The summed E-state index contributed by atoms with van der Waals surface area (Å²) < 4.78 is 36.8. The summed E-state index contributed by atoms with van der Waals surface area (Å²) in [6.07, 6.45) is 0.569.